The van der Waals surface area contributed by atoms with Crippen molar-refractivity contribution in [3.8, 4) is 0 Å². The molecule has 0 saturated heterocycles. The van der Waals surface area contributed by atoms with E-state index in [1.54, 1.807) is 0 Å². The molecule has 0 unspecified atom stereocenters. The summed E-state index contributed by atoms with van der Waals surface area (Å²) in [5, 5.41) is 0. The second-order valence-corrected chi connectivity index (χ2v) is 4.45. The zero-order valence-corrected chi connectivity index (χ0v) is 10.6. The van der Waals surface area contributed by atoms with E-state index in [0.717, 1.165) is 11.4 Å². The Morgan fingerprint density at radius 3 is 2.35 bits per heavy atom. The highest BCUT2D eigenvalue weighted by molar-refractivity contribution is 5.69. The Morgan fingerprint density at radius 2 is 1.71 bits per heavy atom. The summed E-state index contributed by atoms with van der Waals surface area (Å²) in [5.41, 5.74) is 11.5. The summed E-state index contributed by atoms with van der Waals surface area (Å²) in [4.78, 5) is 2.17. The van der Waals surface area contributed by atoms with Gasteiger partial charge in [0.2, 0.25) is 0 Å². The highest BCUT2D eigenvalue weighted by Gasteiger charge is 2.07. The van der Waals surface area contributed by atoms with E-state index in [0.29, 0.717) is 0 Å². The third kappa shape index (κ3) is 2.41. The molecular formula is C15H18N2. The van der Waals surface area contributed by atoms with Crippen molar-refractivity contribution in [2.45, 2.75) is 13.8 Å². The third-order valence-corrected chi connectivity index (χ3v) is 2.95. The maximum atomic E-state index is 5.89. The number of hydrogen-bond acceptors (Lipinski definition) is 2. The zero-order chi connectivity index (χ0) is 12.4. The number of nitrogens with two attached hydrogens (primary N) is 1. The van der Waals surface area contributed by atoms with Gasteiger partial charge < -0.3 is 10.6 Å². The monoisotopic (exact) mass is 226 g/mol. The highest BCUT2D eigenvalue weighted by atomic mass is 15.1. The summed E-state index contributed by atoms with van der Waals surface area (Å²) < 4.78 is 0. The van der Waals surface area contributed by atoms with Crippen LogP contribution in [0.2, 0.25) is 0 Å². The van der Waals surface area contributed by atoms with Crippen molar-refractivity contribution in [2.24, 2.45) is 0 Å². The first-order valence-electron chi connectivity index (χ1n) is 5.74. The number of rotatable bonds is 2. The number of para-hydroxylation sites is 1. The van der Waals surface area contributed by atoms with Crippen LogP contribution in [0.4, 0.5) is 17.1 Å². The van der Waals surface area contributed by atoms with Crippen LogP contribution in [0.5, 0.6) is 0 Å². The van der Waals surface area contributed by atoms with Crippen molar-refractivity contribution < 1.29 is 0 Å². The van der Waals surface area contributed by atoms with Crippen LogP contribution in [0, 0.1) is 13.8 Å². The SMILES string of the molecule is Cc1cc(N)cc(N(C)c2ccccc2C)c1. The van der Waals surface area contributed by atoms with Gasteiger partial charge in [0.1, 0.15) is 0 Å². The van der Waals surface area contributed by atoms with Crippen molar-refractivity contribution >= 4 is 17.1 Å². The lowest BCUT2D eigenvalue weighted by molar-refractivity contribution is 1.18. The fourth-order valence-electron chi connectivity index (χ4n) is 2.06. The fourth-order valence-corrected chi connectivity index (χ4v) is 2.06. The van der Waals surface area contributed by atoms with Gasteiger partial charge in [-0.05, 0) is 49.2 Å². The molecule has 0 radical (unpaired) electrons. The number of aryl methyl sites for hydroxylation is 2. The van der Waals surface area contributed by atoms with E-state index in [-0.39, 0.29) is 0 Å². The Bertz CT molecular complexity index is 512. The van der Waals surface area contributed by atoms with Gasteiger partial charge in [0.05, 0.1) is 0 Å². The molecule has 2 nitrogen and oxygen atoms in total. The predicted octanol–water partition coefficient (Wildman–Crippen LogP) is 3.65. The van der Waals surface area contributed by atoms with Crippen molar-refractivity contribution in [1.82, 2.24) is 0 Å². The Labute approximate surface area is 103 Å². The molecule has 0 aliphatic carbocycles. The van der Waals surface area contributed by atoms with E-state index < -0.39 is 0 Å². The van der Waals surface area contributed by atoms with Crippen molar-refractivity contribution in [3.05, 3.63) is 53.6 Å². The fraction of sp³-hybridized carbons (Fsp3) is 0.200. The molecule has 88 valence electrons. The van der Waals surface area contributed by atoms with E-state index in [1.165, 1.54) is 16.8 Å². The van der Waals surface area contributed by atoms with E-state index in [4.69, 9.17) is 5.73 Å². The molecule has 2 N–H and O–H groups in total. The molecule has 2 aromatic carbocycles. The maximum absolute atomic E-state index is 5.89. The van der Waals surface area contributed by atoms with Gasteiger partial charge in [0.15, 0.2) is 0 Å². The number of hydrogen-bond donors (Lipinski definition) is 1. The van der Waals surface area contributed by atoms with Crippen LogP contribution in [0.25, 0.3) is 0 Å². The molecule has 0 aliphatic rings. The van der Waals surface area contributed by atoms with Crippen LogP contribution < -0.4 is 10.6 Å². The number of nitrogen functional groups attached to an aromatic ring is 1. The Kier molecular flexibility index (Phi) is 3.05. The lowest BCUT2D eigenvalue weighted by atomic mass is 10.1. The Balaban J connectivity index is 2.43. The molecule has 2 heteroatoms. The van der Waals surface area contributed by atoms with Crippen molar-refractivity contribution in [2.75, 3.05) is 17.7 Å². The minimum Gasteiger partial charge on any atom is -0.399 e. The maximum Gasteiger partial charge on any atom is 0.0437 e. The van der Waals surface area contributed by atoms with Crippen LogP contribution in [-0.2, 0) is 0 Å². The largest absolute Gasteiger partial charge is 0.399 e. The molecule has 0 saturated carbocycles. The second kappa shape index (κ2) is 4.50. The van der Waals surface area contributed by atoms with Crippen LogP contribution >= 0.6 is 0 Å². The van der Waals surface area contributed by atoms with E-state index in [9.17, 15) is 0 Å². The average Bonchev–Trinajstić information content (AvgIpc) is 2.27. The molecular weight excluding hydrogens is 208 g/mol. The first-order valence-corrected chi connectivity index (χ1v) is 5.74. The van der Waals surface area contributed by atoms with Crippen LogP contribution in [0.15, 0.2) is 42.5 Å². The van der Waals surface area contributed by atoms with E-state index >= 15 is 0 Å². The normalized spacial score (nSPS) is 10.3. The summed E-state index contributed by atoms with van der Waals surface area (Å²) in [6.45, 7) is 4.18. The van der Waals surface area contributed by atoms with Gasteiger partial charge in [-0.25, -0.2) is 0 Å². The first kappa shape index (κ1) is 11.5. The molecule has 0 aliphatic heterocycles. The topological polar surface area (TPSA) is 29.3 Å². The lowest BCUT2D eigenvalue weighted by Crippen LogP contribution is -2.11. The molecule has 0 heterocycles. The third-order valence-electron chi connectivity index (χ3n) is 2.95. The molecule has 0 bridgehead atoms. The average molecular weight is 226 g/mol. The molecule has 0 atom stereocenters. The molecule has 2 aromatic rings. The molecule has 0 spiro atoms. The first-order chi connectivity index (χ1) is 8.08. The van der Waals surface area contributed by atoms with Gasteiger partial charge in [0, 0.05) is 24.1 Å². The molecule has 0 amide bonds. The summed E-state index contributed by atoms with van der Waals surface area (Å²) in [6, 6.07) is 14.5. The van der Waals surface area contributed by atoms with E-state index in [1.807, 2.05) is 12.1 Å². The van der Waals surface area contributed by atoms with Gasteiger partial charge >= 0.3 is 0 Å². The second-order valence-electron chi connectivity index (χ2n) is 4.45. The standard InChI is InChI=1S/C15H18N2/c1-11-8-13(16)10-14(9-11)17(3)15-7-5-4-6-12(15)2/h4-10H,16H2,1-3H3. The Morgan fingerprint density at radius 1 is 1.00 bits per heavy atom. The zero-order valence-electron chi connectivity index (χ0n) is 10.6. The number of anilines is 3. The van der Waals surface area contributed by atoms with Gasteiger partial charge in [-0.15, -0.1) is 0 Å². The quantitative estimate of drug-likeness (QED) is 0.792. The van der Waals surface area contributed by atoms with E-state index in [2.05, 4.69) is 56.1 Å². The summed E-state index contributed by atoms with van der Waals surface area (Å²) >= 11 is 0. The summed E-state index contributed by atoms with van der Waals surface area (Å²) in [7, 11) is 2.07. The molecule has 17 heavy (non-hydrogen) atoms. The number of benzene rings is 2. The predicted molar refractivity (Wildman–Crippen MR) is 74.8 cm³/mol. The van der Waals surface area contributed by atoms with Crippen LogP contribution in [0.3, 0.4) is 0 Å². The Hall–Kier alpha value is -1.96. The molecule has 2 rings (SSSR count). The minimum absolute atomic E-state index is 0.806. The summed E-state index contributed by atoms with van der Waals surface area (Å²) in [5.74, 6) is 0. The molecule has 0 fully saturated rings. The van der Waals surface area contributed by atoms with Crippen molar-refractivity contribution in [1.29, 1.82) is 0 Å². The highest BCUT2D eigenvalue weighted by Crippen LogP contribution is 2.28. The smallest absolute Gasteiger partial charge is 0.0437 e. The summed E-state index contributed by atoms with van der Waals surface area (Å²) in [6.07, 6.45) is 0. The van der Waals surface area contributed by atoms with Crippen LogP contribution in [-0.4, -0.2) is 7.05 Å². The number of nitrogens with zero attached hydrogens (tertiary/aromatic N) is 1. The van der Waals surface area contributed by atoms with Crippen LogP contribution in [0.1, 0.15) is 11.1 Å². The lowest BCUT2D eigenvalue weighted by Gasteiger charge is -2.22. The van der Waals surface area contributed by atoms with Crippen molar-refractivity contribution in [3.63, 3.8) is 0 Å². The van der Waals surface area contributed by atoms with Gasteiger partial charge in [-0.3, -0.25) is 0 Å². The minimum atomic E-state index is 0.806. The van der Waals surface area contributed by atoms with Gasteiger partial charge in [-0.1, -0.05) is 18.2 Å². The molecule has 0 aromatic heterocycles. The van der Waals surface area contributed by atoms with Gasteiger partial charge in [0.25, 0.3) is 0 Å². The van der Waals surface area contributed by atoms with Gasteiger partial charge in [-0.2, -0.15) is 0 Å².